The maximum Gasteiger partial charge on any atom is 0.335 e. The second-order valence-electron chi connectivity index (χ2n) is 18.2. The van der Waals surface area contributed by atoms with Gasteiger partial charge in [0.05, 0.1) is 42.1 Å². The summed E-state index contributed by atoms with van der Waals surface area (Å²) in [6.45, 7) is 7.59. The summed E-state index contributed by atoms with van der Waals surface area (Å²) in [6.07, 6.45) is 18.9. The predicted molar refractivity (Wildman–Crippen MR) is 261 cm³/mol. The number of fused-ring (bicyclic) bond motifs is 8. The predicted octanol–water partition coefficient (Wildman–Crippen LogP) is 13.4. The first-order valence-electron chi connectivity index (χ1n) is 24.8. The number of aromatic carboxylic acids is 4. The van der Waals surface area contributed by atoms with Gasteiger partial charge in [-0.2, -0.15) is 0 Å². The minimum absolute atomic E-state index is 0.00235. The third-order valence-electron chi connectivity index (χ3n) is 12.6. The van der Waals surface area contributed by atoms with E-state index in [0.717, 1.165) is 116 Å². The number of hydrogen-bond acceptors (Lipinski definition) is 7. The van der Waals surface area contributed by atoms with Crippen LogP contribution in [-0.4, -0.2) is 64.1 Å². The van der Waals surface area contributed by atoms with E-state index in [1.54, 1.807) is 48.5 Å². The molecule has 0 saturated heterocycles. The van der Waals surface area contributed by atoms with Crippen LogP contribution in [-0.2, 0) is 25.7 Å². The number of carboxylic acid groups (broad SMARTS) is 4. The van der Waals surface area contributed by atoms with Crippen LogP contribution in [0.1, 0.15) is 222 Å². The average Bonchev–Trinajstić information content (AvgIpc) is 3.29. The van der Waals surface area contributed by atoms with Gasteiger partial charge in [0, 0.05) is 25.7 Å². The highest BCUT2D eigenvalue weighted by atomic mass is 16.5. The molecule has 11 nitrogen and oxygen atoms in total. The Morgan fingerprint density at radius 1 is 0.343 bits per heavy atom. The van der Waals surface area contributed by atoms with Crippen LogP contribution in [0.3, 0.4) is 0 Å². The van der Waals surface area contributed by atoms with Crippen molar-refractivity contribution in [2.75, 3.05) is 19.8 Å². The zero-order valence-electron chi connectivity index (χ0n) is 40.0. The second kappa shape index (κ2) is 27.1. The van der Waals surface area contributed by atoms with E-state index in [4.69, 9.17) is 14.2 Å². The number of benzene rings is 4. The molecule has 0 unspecified atom stereocenters. The molecule has 0 atom stereocenters. The van der Waals surface area contributed by atoms with E-state index >= 15 is 0 Å². The molecule has 4 aromatic carbocycles. The Hall–Kier alpha value is -5.84. The van der Waals surface area contributed by atoms with E-state index in [1.807, 2.05) is 6.07 Å². The molecule has 0 saturated carbocycles. The Balaban J connectivity index is 1.75. The van der Waals surface area contributed by atoms with Gasteiger partial charge in [0.2, 0.25) is 0 Å². The fourth-order valence-electron chi connectivity index (χ4n) is 9.09. The van der Waals surface area contributed by atoms with Crippen LogP contribution in [0, 0.1) is 0 Å². The lowest BCUT2D eigenvalue weighted by Crippen LogP contribution is -2.13. The molecule has 11 heteroatoms. The molecule has 67 heavy (non-hydrogen) atoms. The van der Waals surface area contributed by atoms with Crippen molar-refractivity contribution in [2.45, 2.75) is 162 Å². The normalized spacial score (nSPS) is 12.1. The number of ether oxygens (including phenoxy) is 3. The summed E-state index contributed by atoms with van der Waals surface area (Å²) in [7, 11) is 0. The Kier molecular flexibility index (Phi) is 21.1. The number of carboxylic acids is 4. The van der Waals surface area contributed by atoms with Gasteiger partial charge >= 0.3 is 23.9 Å². The molecular formula is C56H72O11. The summed E-state index contributed by atoms with van der Waals surface area (Å²) < 4.78 is 20.1. The smallest absolute Gasteiger partial charge is 0.335 e. The SMILES string of the molecule is CCCCCCCCOc1c2cc(C(=O)O)cc1Cc1cc(C(=O)O)cc(c1OCCCCCCCC)Cc1cc(C(=O)O)cc(c1OCCCCCCCC)Cc1cc(cc(C(=O)O)c1)C2. The Bertz CT molecular complexity index is 2160. The molecule has 0 aliphatic heterocycles. The highest BCUT2D eigenvalue weighted by Crippen LogP contribution is 2.39. The van der Waals surface area contributed by atoms with Crippen molar-refractivity contribution < 1.29 is 53.8 Å². The van der Waals surface area contributed by atoms with Crippen LogP contribution in [0.5, 0.6) is 17.2 Å². The summed E-state index contributed by atoms with van der Waals surface area (Å²) in [4.78, 5) is 51.4. The molecule has 0 fully saturated rings. The van der Waals surface area contributed by atoms with Gasteiger partial charge in [-0.1, -0.05) is 123 Å². The van der Waals surface area contributed by atoms with Gasteiger partial charge in [-0.05, 0) is 112 Å². The maximum atomic E-state index is 13.0. The fraction of sp³-hybridized carbons (Fsp3) is 0.500. The van der Waals surface area contributed by atoms with Crippen LogP contribution in [0.15, 0.2) is 54.6 Å². The van der Waals surface area contributed by atoms with Crippen LogP contribution in [0.4, 0.5) is 0 Å². The van der Waals surface area contributed by atoms with Gasteiger partial charge in [-0.15, -0.1) is 0 Å². The fourth-order valence-corrected chi connectivity index (χ4v) is 9.09. The van der Waals surface area contributed by atoms with Crippen LogP contribution in [0.2, 0.25) is 0 Å². The molecule has 0 radical (unpaired) electrons. The summed E-state index contributed by atoms with van der Waals surface area (Å²) >= 11 is 0. The van der Waals surface area contributed by atoms with Crippen molar-refractivity contribution in [3.63, 3.8) is 0 Å². The lowest BCUT2D eigenvalue weighted by Gasteiger charge is -2.23. The van der Waals surface area contributed by atoms with Crippen molar-refractivity contribution in [3.05, 3.63) is 121 Å². The number of hydrogen-bond donors (Lipinski definition) is 4. The zero-order valence-corrected chi connectivity index (χ0v) is 40.0. The van der Waals surface area contributed by atoms with E-state index in [-0.39, 0.29) is 47.9 Å². The van der Waals surface area contributed by atoms with Crippen LogP contribution < -0.4 is 14.2 Å². The molecule has 4 aromatic rings. The van der Waals surface area contributed by atoms with Gasteiger partial charge in [0.15, 0.2) is 0 Å². The van der Waals surface area contributed by atoms with Crippen LogP contribution in [0.25, 0.3) is 0 Å². The largest absolute Gasteiger partial charge is 0.493 e. The molecule has 0 amide bonds. The van der Waals surface area contributed by atoms with Crippen molar-refractivity contribution >= 4 is 23.9 Å². The molecular weight excluding hydrogens is 849 g/mol. The van der Waals surface area contributed by atoms with E-state index in [9.17, 15) is 39.6 Å². The summed E-state index contributed by atoms with van der Waals surface area (Å²) in [5.41, 5.74) is 4.44. The van der Waals surface area contributed by atoms with Gasteiger partial charge < -0.3 is 34.6 Å². The monoisotopic (exact) mass is 921 g/mol. The van der Waals surface area contributed by atoms with Crippen molar-refractivity contribution in [3.8, 4) is 17.2 Å². The Morgan fingerprint density at radius 3 is 0.851 bits per heavy atom. The van der Waals surface area contributed by atoms with E-state index in [2.05, 4.69) is 20.8 Å². The van der Waals surface area contributed by atoms with Gasteiger partial charge in [0.1, 0.15) is 17.2 Å². The molecule has 5 rings (SSSR count). The summed E-state index contributed by atoms with van der Waals surface area (Å²) in [5.74, 6) is -3.21. The first kappa shape index (κ1) is 52.1. The molecule has 1 aliphatic carbocycles. The van der Waals surface area contributed by atoms with E-state index in [1.165, 1.54) is 0 Å². The molecule has 8 bridgehead atoms. The lowest BCUT2D eigenvalue weighted by atomic mass is 9.88. The van der Waals surface area contributed by atoms with Gasteiger partial charge in [-0.3, -0.25) is 0 Å². The maximum absolute atomic E-state index is 13.0. The third-order valence-corrected chi connectivity index (χ3v) is 12.6. The third kappa shape index (κ3) is 15.9. The standard InChI is InChI=1S/C56H72O11/c1-4-7-10-13-16-19-22-65-50-40-26-38-25-39(29-46(28-38)53(57)58)27-41-33-48(55(61)62)35-43(51(41)66-23-20-17-14-11-8-5-2)31-45-37-49(56(63)64)36-44(30-42(50)34-47(32-40)54(59)60)52(45)67-24-21-18-15-12-9-6-3/h25,28-29,32-37H,4-24,26-27,30-31H2,1-3H3,(H,57,58)(H,59,60)(H,61,62)(H,63,64). The number of carbonyl (C=O) groups is 4. The van der Waals surface area contributed by atoms with Gasteiger partial charge in [-0.25, -0.2) is 19.2 Å². The first-order valence-corrected chi connectivity index (χ1v) is 24.8. The van der Waals surface area contributed by atoms with Crippen molar-refractivity contribution in [1.29, 1.82) is 0 Å². The van der Waals surface area contributed by atoms with Crippen molar-refractivity contribution in [2.24, 2.45) is 0 Å². The first-order chi connectivity index (χ1) is 32.4. The zero-order chi connectivity index (χ0) is 48.1. The second-order valence-corrected chi connectivity index (χ2v) is 18.2. The molecule has 0 spiro atoms. The summed E-state index contributed by atoms with van der Waals surface area (Å²) in [5, 5.41) is 42.0. The topological polar surface area (TPSA) is 177 Å². The average molecular weight is 921 g/mol. The molecule has 0 heterocycles. The van der Waals surface area contributed by atoms with Crippen molar-refractivity contribution in [1.82, 2.24) is 0 Å². The number of rotatable bonds is 28. The quantitative estimate of drug-likeness (QED) is 0.0351. The molecule has 1 aliphatic rings. The highest BCUT2D eigenvalue weighted by Gasteiger charge is 2.25. The highest BCUT2D eigenvalue weighted by molar-refractivity contribution is 5.91. The summed E-state index contributed by atoms with van der Waals surface area (Å²) in [6, 6.07) is 14.5. The minimum Gasteiger partial charge on any atom is -0.493 e. The Morgan fingerprint density at radius 2 is 0.582 bits per heavy atom. The molecule has 362 valence electrons. The molecule has 0 aromatic heterocycles. The molecule has 4 N–H and O–H groups in total. The Labute approximate surface area is 396 Å². The van der Waals surface area contributed by atoms with E-state index in [0.29, 0.717) is 81.6 Å². The number of unbranched alkanes of at least 4 members (excludes halogenated alkanes) is 15. The lowest BCUT2D eigenvalue weighted by molar-refractivity contribution is 0.0685. The van der Waals surface area contributed by atoms with Crippen LogP contribution >= 0.6 is 0 Å². The minimum atomic E-state index is -1.16. The van der Waals surface area contributed by atoms with Gasteiger partial charge in [0.25, 0.3) is 0 Å². The van der Waals surface area contributed by atoms with E-state index < -0.39 is 23.9 Å².